The highest BCUT2D eigenvalue weighted by Crippen LogP contribution is 2.29. The second kappa shape index (κ2) is 4.69. The molecule has 2 aromatic heterocycles. The predicted molar refractivity (Wildman–Crippen MR) is 63.3 cm³/mol. The van der Waals surface area contributed by atoms with Gasteiger partial charge in [-0.3, -0.25) is 4.68 Å². The third kappa shape index (κ3) is 3.14. The van der Waals surface area contributed by atoms with Gasteiger partial charge in [-0.05, 0) is 6.92 Å². The molecule has 0 bridgehead atoms. The topological polar surface area (TPSA) is 55.6 Å². The summed E-state index contributed by atoms with van der Waals surface area (Å²) >= 11 is 5.56. The first-order valence-corrected chi connectivity index (χ1v) is 5.52. The highest BCUT2D eigenvalue weighted by molar-refractivity contribution is 6.29. The van der Waals surface area contributed by atoms with E-state index in [0.29, 0.717) is 11.4 Å². The Bertz CT molecular complexity index is 608. The number of aryl methyl sites for hydroxylation is 2. The van der Waals surface area contributed by atoms with Crippen molar-refractivity contribution in [2.24, 2.45) is 7.05 Å². The lowest BCUT2D eigenvalue weighted by atomic mass is 10.4. The first-order valence-electron chi connectivity index (χ1n) is 5.15. The molecule has 5 nitrogen and oxygen atoms in total. The van der Waals surface area contributed by atoms with E-state index in [-0.39, 0.29) is 11.0 Å². The summed E-state index contributed by atoms with van der Waals surface area (Å²) in [4.78, 5) is 6.52. The SMILES string of the molecule is Cc1nn(C)cc1Nc1cc(Cl)nc(C(F)(F)F)n1. The predicted octanol–water partition coefficient (Wildman–Crippen LogP) is 2.93. The molecule has 0 saturated carbocycles. The Hall–Kier alpha value is -1.83. The van der Waals surface area contributed by atoms with E-state index >= 15 is 0 Å². The van der Waals surface area contributed by atoms with Crippen LogP contribution in [0.4, 0.5) is 24.7 Å². The first-order chi connectivity index (χ1) is 8.75. The van der Waals surface area contributed by atoms with Crippen LogP contribution in [0.25, 0.3) is 0 Å². The van der Waals surface area contributed by atoms with Crippen molar-refractivity contribution in [2.75, 3.05) is 5.32 Å². The highest BCUT2D eigenvalue weighted by Gasteiger charge is 2.35. The Kier molecular flexibility index (Phi) is 3.36. The van der Waals surface area contributed by atoms with Gasteiger partial charge in [0.25, 0.3) is 0 Å². The Labute approximate surface area is 111 Å². The normalized spacial score (nSPS) is 11.7. The lowest BCUT2D eigenvalue weighted by Gasteiger charge is -2.08. The molecular weight excluding hydrogens is 283 g/mol. The molecule has 0 atom stereocenters. The van der Waals surface area contributed by atoms with Gasteiger partial charge in [0.05, 0.1) is 11.4 Å². The number of hydrogen-bond donors (Lipinski definition) is 1. The van der Waals surface area contributed by atoms with Gasteiger partial charge in [0.2, 0.25) is 5.82 Å². The zero-order chi connectivity index (χ0) is 14.2. The minimum Gasteiger partial charge on any atom is -0.337 e. The van der Waals surface area contributed by atoms with Gasteiger partial charge in [0.1, 0.15) is 11.0 Å². The van der Waals surface area contributed by atoms with E-state index in [4.69, 9.17) is 11.6 Å². The van der Waals surface area contributed by atoms with Crippen LogP contribution >= 0.6 is 11.6 Å². The largest absolute Gasteiger partial charge is 0.451 e. The van der Waals surface area contributed by atoms with Crippen LogP contribution in [0, 0.1) is 6.92 Å². The number of nitrogens with one attached hydrogen (secondary N) is 1. The van der Waals surface area contributed by atoms with Crippen LogP contribution in [0.1, 0.15) is 11.5 Å². The molecule has 0 spiro atoms. The molecule has 0 aliphatic carbocycles. The average Bonchev–Trinajstić information content (AvgIpc) is 2.55. The summed E-state index contributed by atoms with van der Waals surface area (Å²) in [5, 5.41) is 6.50. The number of rotatable bonds is 2. The van der Waals surface area contributed by atoms with Gasteiger partial charge in [-0.25, -0.2) is 9.97 Å². The van der Waals surface area contributed by atoms with Crippen LogP contribution in [0.3, 0.4) is 0 Å². The number of nitrogens with zero attached hydrogens (tertiary/aromatic N) is 4. The summed E-state index contributed by atoms with van der Waals surface area (Å²) in [6.07, 6.45) is -3.02. The van der Waals surface area contributed by atoms with Crippen LogP contribution in [-0.4, -0.2) is 19.7 Å². The van der Waals surface area contributed by atoms with Crippen molar-refractivity contribution in [1.82, 2.24) is 19.7 Å². The summed E-state index contributed by atoms with van der Waals surface area (Å²) in [5.41, 5.74) is 1.18. The molecule has 0 unspecified atom stereocenters. The fourth-order valence-corrected chi connectivity index (χ4v) is 1.65. The number of alkyl halides is 3. The van der Waals surface area contributed by atoms with Gasteiger partial charge in [0.15, 0.2) is 0 Å². The number of anilines is 2. The van der Waals surface area contributed by atoms with Crippen molar-refractivity contribution in [2.45, 2.75) is 13.1 Å². The third-order valence-corrected chi connectivity index (χ3v) is 2.42. The molecule has 1 N–H and O–H groups in total. The quantitative estimate of drug-likeness (QED) is 0.864. The second-order valence-electron chi connectivity index (χ2n) is 3.82. The molecule has 2 heterocycles. The van der Waals surface area contributed by atoms with Crippen molar-refractivity contribution in [3.8, 4) is 0 Å². The van der Waals surface area contributed by atoms with Gasteiger partial charge >= 0.3 is 6.18 Å². The molecule has 102 valence electrons. The van der Waals surface area contributed by atoms with E-state index in [1.807, 2.05) is 0 Å². The summed E-state index contributed by atoms with van der Waals surface area (Å²) in [6.45, 7) is 1.72. The molecule has 0 aliphatic rings. The lowest BCUT2D eigenvalue weighted by molar-refractivity contribution is -0.144. The Balaban J connectivity index is 2.35. The molecule has 0 aliphatic heterocycles. The van der Waals surface area contributed by atoms with Crippen molar-refractivity contribution < 1.29 is 13.2 Å². The van der Waals surface area contributed by atoms with Crippen molar-refractivity contribution in [3.05, 3.63) is 28.9 Å². The van der Waals surface area contributed by atoms with E-state index in [0.717, 1.165) is 0 Å². The van der Waals surface area contributed by atoms with E-state index in [1.165, 1.54) is 10.7 Å². The Morgan fingerprint density at radius 2 is 2.00 bits per heavy atom. The molecule has 0 aromatic carbocycles. The molecule has 0 saturated heterocycles. The van der Waals surface area contributed by atoms with Gasteiger partial charge in [-0.1, -0.05) is 11.6 Å². The summed E-state index contributed by atoms with van der Waals surface area (Å²) < 4.78 is 39.2. The lowest BCUT2D eigenvalue weighted by Crippen LogP contribution is -2.12. The van der Waals surface area contributed by atoms with Gasteiger partial charge in [-0.15, -0.1) is 0 Å². The van der Waals surface area contributed by atoms with Crippen molar-refractivity contribution in [3.63, 3.8) is 0 Å². The fourth-order valence-electron chi connectivity index (χ4n) is 1.47. The second-order valence-corrected chi connectivity index (χ2v) is 4.21. The standard InChI is InChI=1S/C10H9ClF3N5/c1-5-6(4-19(2)18-5)15-8-3-7(11)16-9(17-8)10(12,13)14/h3-4H,1-2H3,(H,15,16,17). The number of hydrogen-bond acceptors (Lipinski definition) is 4. The van der Waals surface area contributed by atoms with Crippen LogP contribution in [0.15, 0.2) is 12.3 Å². The van der Waals surface area contributed by atoms with E-state index in [9.17, 15) is 13.2 Å². The van der Waals surface area contributed by atoms with Crippen LogP contribution in [0.5, 0.6) is 0 Å². The number of aromatic nitrogens is 4. The molecular formula is C10H9ClF3N5. The Morgan fingerprint density at radius 3 is 2.53 bits per heavy atom. The molecule has 0 amide bonds. The summed E-state index contributed by atoms with van der Waals surface area (Å²) in [6, 6.07) is 1.21. The van der Waals surface area contributed by atoms with Gasteiger partial charge in [-0.2, -0.15) is 18.3 Å². The van der Waals surface area contributed by atoms with Crippen LogP contribution < -0.4 is 5.32 Å². The average molecular weight is 292 g/mol. The Morgan fingerprint density at radius 1 is 1.32 bits per heavy atom. The molecule has 0 fully saturated rings. The molecule has 0 radical (unpaired) electrons. The zero-order valence-corrected chi connectivity index (χ0v) is 10.7. The highest BCUT2D eigenvalue weighted by atomic mass is 35.5. The first kappa shape index (κ1) is 13.6. The van der Waals surface area contributed by atoms with Crippen molar-refractivity contribution >= 4 is 23.1 Å². The fraction of sp³-hybridized carbons (Fsp3) is 0.300. The van der Waals surface area contributed by atoms with E-state index in [1.54, 1.807) is 20.2 Å². The molecule has 9 heteroatoms. The van der Waals surface area contributed by atoms with Crippen molar-refractivity contribution in [1.29, 1.82) is 0 Å². The zero-order valence-electron chi connectivity index (χ0n) is 9.96. The number of halogens is 4. The summed E-state index contributed by atoms with van der Waals surface area (Å²) in [5.74, 6) is -1.33. The minimum absolute atomic E-state index is 0.0385. The van der Waals surface area contributed by atoms with Gasteiger partial charge in [0, 0.05) is 19.3 Å². The maximum absolute atomic E-state index is 12.5. The molecule has 2 aromatic rings. The molecule has 19 heavy (non-hydrogen) atoms. The van der Waals surface area contributed by atoms with Crippen LogP contribution in [0.2, 0.25) is 5.15 Å². The van der Waals surface area contributed by atoms with Crippen LogP contribution in [-0.2, 0) is 13.2 Å². The third-order valence-electron chi connectivity index (χ3n) is 2.22. The maximum Gasteiger partial charge on any atom is 0.451 e. The monoisotopic (exact) mass is 291 g/mol. The summed E-state index contributed by atoms with van der Waals surface area (Å²) in [7, 11) is 1.70. The molecule has 2 rings (SSSR count). The maximum atomic E-state index is 12.5. The smallest absolute Gasteiger partial charge is 0.337 e. The van der Waals surface area contributed by atoms with Gasteiger partial charge < -0.3 is 5.32 Å². The van der Waals surface area contributed by atoms with E-state index < -0.39 is 12.0 Å². The van der Waals surface area contributed by atoms with E-state index in [2.05, 4.69) is 20.4 Å². The minimum atomic E-state index is -4.65.